The van der Waals surface area contributed by atoms with E-state index in [1.54, 1.807) is 6.92 Å². The summed E-state index contributed by atoms with van der Waals surface area (Å²) in [5, 5.41) is 59.8. The van der Waals surface area contributed by atoms with Crippen LogP contribution in [0.3, 0.4) is 0 Å². The lowest BCUT2D eigenvalue weighted by atomic mass is 10.1. The van der Waals surface area contributed by atoms with E-state index in [0.29, 0.717) is 11.3 Å². The normalized spacial score (nSPS) is 31.0. The number of rotatable bonds is 5. The number of nitrogens with one attached hydrogen (secondary N) is 2. The fraction of sp³-hybridized carbons (Fsp3) is 0.538. The highest BCUT2D eigenvalue weighted by atomic mass is 16.8. The van der Waals surface area contributed by atoms with Gasteiger partial charge in [-0.3, -0.25) is 0 Å². The molecule has 9 nitrogen and oxygen atoms in total. The Labute approximate surface area is 126 Å². The molecular weight excluding hydrogens is 296 g/mol. The Morgan fingerprint density at radius 2 is 2.05 bits per heavy atom. The van der Waals surface area contributed by atoms with E-state index in [-0.39, 0.29) is 5.69 Å². The fourth-order valence-electron chi connectivity index (χ4n) is 2.36. The topological polar surface area (TPSA) is 150 Å². The third kappa shape index (κ3) is 3.37. The maximum atomic E-state index is 10.9. The molecule has 1 aliphatic heterocycles. The maximum Gasteiger partial charge on any atom is 0.164 e. The lowest BCUT2D eigenvalue weighted by Gasteiger charge is -2.21. The van der Waals surface area contributed by atoms with Gasteiger partial charge in [-0.25, -0.2) is 5.21 Å². The highest BCUT2D eigenvalue weighted by molar-refractivity contribution is 5.55. The predicted octanol–water partition coefficient (Wildman–Crippen LogP) is -2.39. The molecule has 0 saturated carbocycles. The van der Waals surface area contributed by atoms with E-state index >= 15 is 0 Å². The molecule has 9 heteroatoms. The number of aliphatic hydroxyl groups excluding tert-OH is 4. The van der Waals surface area contributed by atoms with Gasteiger partial charge in [-0.15, -0.1) is 0 Å². The standard InChI is InChI=1S/C13H20N2O7/c1-6-4-7(15(20)21)2-3-8(6)14-13-11(19)10(18)12(22-13)9(17)5-16/h2-4,9-20H,5H2,1H3/t9-,10-,11-,12-,13-/m1/s1. The van der Waals surface area contributed by atoms with E-state index in [4.69, 9.17) is 15.1 Å². The van der Waals surface area contributed by atoms with Crippen molar-refractivity contribution in [1.82, 2.24) is 0 Å². The molecule has 0 radical (unpaired) electrons. The first kappa shape index (κ1) is 17.1. The van der Waals surface area contributed by atoms with E-state index in [0.717, 1.165) is 0 Å². The molecule has 0 bridgehead atoms. The Morgan fingerprint density at radius 3 is 2.59 bits per heavy atom. The number of aryl methyl sites for hydroxylation is 1. The Morgan fingerprint density at radius 1 is 1.36 bits per heavy atom. The van der Waals surface area contributed by atoms with Gasteiger partial charge in [0.1, 0.15) is 24.4 Å². The molecule has 1 unspecified atom stereocenters. The molecule has 1 aliphatic rings. The number of hydrogen-bond donors (Lipinski definition) is 7. The van der Waals surface area contributed by atoms with E-state index in [1.807, 2.05) is 0 Å². The van der Waals surface area contributed by atoms with Gasteiger partial charge in [0, 0.05) is 17.8 Å². The molecule has 0 aromatic heterocycles. The zero-order valence-electron chi connectivity index (χ0n) is 11.9. The molecule has 0 spiro atoms. The van der Waals surface area contributed by atoms with Crippen LogP contribution in [-0.4, -0.2) is 62.9 Å². The smallest absolute Gasteiger partial charge is 0.164 e. The van der Waals surface area contributed by atoms with Crippen LogP contribution in [0.2, 0.25) is 0 Å². The van der Waals surface area contributed by atoms with Crippen molar-refractivity contribution in [3.8, 4) is 0 Å². The first-order valence-electron chi connectivity index (χ1n) is 6.76. The van der Waals surface area contributed by atoms with Crippen molar-refractivity contribution in [2.75, 3.05) is 11.9 Å². The number of ether oxygens (including phenoxy) is 1. The van der Waals surface area contributed by atoms with Crippen LogP contribution in [0.1, 0.15) is 5.56 Å². The summed E-state index contributed by atoms with van der Waals surface area (Å²) in [6.45, 7) is 1.08. The lowest BCUT2D eigenvalue weighted by Crippen LogP contribution is -2.99. The molecule has 1 fully saturated rings. The van der Waals surface area contributed by atoms with Crippen molar-refractivity contribution in [3.05, 3.63) is 29.0 Å². The molecule has 124 valence electrons. The predicted molar refractivity (Wildman–Crippen MR) is 74.3 cm³/mol. The summed E-state index contributed by atoms with van der Waals surface area (Å²) in [6.07, 6.45) is -6.07. The van der Waals surface area contributed by atoms with Crippen LogP contribution in [0.25, 0.3) is 0 Å². The van der Waals surface area contributed by atoms with Crippen LogP contribution in [0.5, 0.6) is 0 Å². The molecule has 1 heterocycles. The van der Waals surface area contributed by atoms with Gasteiger partial charge < -0.3 is 35.7 Å². The average molecular weight is 316 g/mol. The zero-order chi connectivity index (χ0) is 16.4. The van der Waals surface area contributed by atoms with Gasteiger partial charge in [0.05, 0.1) is 6.61 Å². The quantitative estimate of drug-likeness (QED) is 0.297. The number of quaternary nitrogens is 1. The summed E-state index contributed by atoms with van der Waals surface area (Å²) in [6, 6.07) is 4.38. The average Bonchev–Trinajstić information content (AvgIpc) is 2.76. The maximum absolute atomic E-state index is 10.9. The summed E-state index contributed by atoms with van der Waals surface area (Å²) >= 11 is 0. The molecule has 22 heavy (non-hydrogen) atoms. The highest BCUT2D eigenvalue weighted by Gasteiger charge is 2.45. The van der Waals surface area contributed by atoms with Crippen LogP contribution in [0.4, 0.5) is 11.4 Å². The van der Waals surface area contributed by atoms with Gasteiger partial charge in [0.2, 0.25) is 0 Å². The molecule has 6 atom stereocenters. The SMILES string of the molecule is Cc1cc([NH+]([O-])O)ccc1N[C@@H]1O[C@H]([C@H](O)CO)[C@H](O)[C@H]1O. The van der Waals surface area contributed by atoms with Crippen molar-refractivity contribution >= 4 is 11.4 Å². The van der Waals surface area contributed by atoms with E-state index in [1.165, 1.54) is 18.2 Å². The first-order chi connectivity index (χ1) is 10.3. The highest BCUT2D eigenvalue weighted by Crippen LogP contribution is 2.27. The minimum Gasteiger partial charge on any atom is -0.595 e. The summed E-state index contributed by atoms with van der Waals surface area (Å²) in [7, 11) is 0. The van der Waals surface area contributed by atoms with Gasteiger partial charge >= 0.3 is 0 Å². The number of anilines is 1. The Hall–Kier alpha value is -1.30. The van der Waals surface area contributed by atoms with Crippen LogP contribution in [-0.2, 0) is 4.74 Å². The molecule has 0 aliphatic carbocycles. The molecular formula is C13H20N2O7. The second kappa shape index (κ2) is 6.86. The van der Waals surface area contributed by atoms with Crippen molar-refractivity contribution in [2.24, 2.45) is 0 Å². The second-order valence-corrected chi connectivity index (χ2v) is 5.23. The van der Waals surface area contributed by atoms with Gasteiger partial charge in [-0.1, -0.05) is 0 Å². The van der Waals surface area contributed by atoms with Crippen LogP contribution < -0.4 is 10.5 Å². The zero-order valence-corrected chi connectivity index (χ0v) is 11.9. The Balaban J connectivity index is 2.11. The summed E-state index contributed by atoms with van der Waals surface area (Å²) in [5.41, 5.74) is 1.28. The third-order valence-corrected chi connectivity index (χ3v) is 3.64. The van der Waals surface area contributed by atoms with Gasteiger partial charge in [0.15, 0.2) is 11.9 Å². The van der Waals surface area contributed by atoms with Crippen LogP contribution in [0.15, 0.2) is 18.2 Å². The van der Waals surface area contributed by atoms with Gasteiger partial charge in [-0.2, -0.15) is 5.23 Å². The molecule has 2 rings (SSSR count). The number of benzene rings is 1. The lowest BCUT2D eigenvalue weighted by molar-refractivity contribution is -0.991. The Bertz CT molecular complexity index is 513. The van der Waals surface area contributed by atoms with E-state index < -0.39 is 42.5 Å². The molecule has 7 N–H and O–H groups in total. The molecule has 1 aromatic carbocycles. The van der Waals surface area contributed by atoms with E-state index in [2.05, 4.69) is 5.32 Å². The first-order valence-corrected chi connectivity index (χ1v) is 6.76. The van der Waals surface area contributed by atoms with Crippen molar-refractivity contribution in [2.45, 2.75) is 37.6 Å². The minimum absolute atomic E-state index is 0.129. The Kier molecular flexibility index (Phi) is 5.32. The van der Waals surface area contributed by atoms with Gasteiger partial charge in [-0.05, 0) is 18.6 Å². The monoisotopic (exact) mass is 316 g/mol. The third-order valence-electron chi connectivity index (χ3n) is 3.64. The summed E-state index contributed by atoms with van der Waals surface area (Å²) < 4.78 is 5.34. The minimum atomic E-state index is -1.35. The van der Waals surface area contributed by atoms with Crippen molar-refractivity contribution in [3.63, 3.8) is 0 Å². The van der Waals surface area contributed by atoms with Crippen molar-refractivity contribution < 1.29 is 35.6 Å². The molecule has 1 saturated heterocycles. The largest absolute Gasteiger partial charge is 0.595 e. The molecule has 1 aromatic rings. The van der Waals surface area contributed by atoms with Gasteiger partial charge in [0.25, 0.3) is 0 Å². The molecule has 0 amide bonds. The number of hydrogen-bond acceptors (Lipinski definition) is 8. The van der Waals surface area contributed by atoms with E-state index in [9.17, 15) is 20.5 Å². The van der Waals surface area contributed by atoms with Crippen LogP contribution in [0, 0.1) is 12.1 Å². The second-order valence-electron chi connectivity index (χ2n) is 5.23. The fourth-order valence-corrected chi connectivity index (χ4v) is 2.36. The summed E-state index contributed by atoms with van der Waals surface area (Å²) in [5.74, 6) is 0. The number of aliphatic hydroxyl groups is 4. The summed E-state index contributed by atoms with van der Waals surface area (Å²) in [4.78, 5) is 0. The van der Waals surface area contributed by atoms with Crippen LogP contribution >= 0.6 is 0 Å². The van der Waals surface area contributed by atoms with Crippen molar-refractivity contribution in [1.29, 1.82) is 0 Å².